The van der Waals surface area contributed by atoms with E-state index in [0.717, 1.165) is 5.56 Å². The highest BCUT2D eigenvalue weighted by Crippen LogP contribution is 2.15. The van der Waals surface area contributed by atoms with Crippen molar-refractivity contribution in [3.8, 4) is 0 Å². The molecule has 0 unspecified atom stereocenters. The van der Waals surface area contributed by atoms with E-state index in [9.17, 15) is 22.8 Å². The van der Waals surface area contributed by atoms with Crippen molar-refractivity contribution >= 4 is 32.9 Å². The fraction of sp³-hybridized carbons (Fsp3) is 0.130. The Balaban J connectivity index is 1.48. The first kappa shape index (κ1) is 23.9. The van der Waals surface area contributed by atoms with Crippen LogP contribution in [-0.2, 0) is 23.6 Å². The molecule has 0 aliphatic carbocycles. The highest BCUT2D eigenvalue weighted by Gasteiger charge is 2.20. The predicted octanol–water partition coefficient (Wildman–Crippen LogP) is 1.12. The van der Waals surface area contributed by atoms with Gasteiger partial charge in [0.25, 0.3) is 17.4 Å². The minimum absolute atomic E-state index is 0.0153. The number of rotatable bonds is 6. The third-order valence-corrected chi connectivity index (χ3v) is 6.59. The maximum Gasteiger partial charge on any atom is 0.274 e. The smallest absolute Gasteiger partial charge is 0.270 e. The molecule has 11 nitrogen and oxygen atoms in total. The molecule has 35 heavy (non-hydrogen) atoms. The summed E-state index contributed by atoms with van der Waals surface area (Å²) in [5, 5.41) is 2.62. The van der Waals surface area contributed by atoms with Crippen molar-refractivity contribution < 1.29 is 18.0 Å². The normalized spacial score (nSPS) is 11.4. The number of sulfonamides is 1. The molecule has 0 spiro atoms. The number of nitrogens with one attached hydrogen (secondary N) is 4. The number of H-pyrrole nitrogens is 1. The average molecular weight is 495 g/mol. The van der Waals surface area contributed by atoms with Gasteiger partial charge >= 0.3 is 0 Å². The molecule has 2 amide bonds. The lowest BCUT2D eigenvalue weighted by molar-refractivity contribution is 0.0847. The first-order valence-corrected chi connectivity index (χ1v) is 11.9. The molecule has 0 fully saturated rings. The Kier molecular flexibility index (Phi) is 6.49. The molecular weight excluding hydrogens is 472 g/mol. The van der Waals surface area contributed by atoms with E-state index in [4.69, 9.17) is 0 Å². The molecule has 0 bridgehead atoms. The molecule has 0 saturated carbocycles. The number of carbonyl (C=O) groups is 2. The van der Waals surface area contributed by atoms with Gasteiger partial charge in [-0.2, -0.15) is 0 Å². The first-order valence-electron chi connectivity index (χ1n) is 10.5. The second kappa shape index (κ2) is 9.52. The lowest BCUT2D eigenvalue weighted by Gasteiger charge is -2.10. The minimum Gasteiger partial charge on any atom is -0.270 e. The van der Waals surface area contributed by atoms with Crippen LogP contribution in [0, 0.1) is 6.92 Å². The van der Waals surface area contributed by atoms with Gasteiger partial charge in [0, 0.05) is 24.8 Å². The maximum atomic E-state index is 12.7. The van der Waals surface area contributed by atoms with Gasteiger partial charge in [-0.05, 0) is 36.8 Å². The molecular formula is C23H22N6O5S. The van der Waals surface area contributed by atoms with Crippen LogP contribution >= 0.6 is 0 Å². The van der Waals surface area contributed by atoms with Crippen molar-refractivity contribution in [1.29, 1.82) is 0 Å². The summed E-state index contributed by atoms with van der Waals surface area (Å²) in [7, 11) is -2.29. The zero-order valence-corrected chi connectivity index (χ0v) is 19.6. The Morgan fingerprint density at radius 3 is 2.46 bits per heavy atom. The third-order valence-electron chi connectivity index (χ3n) is 5.19. The van der Waals surface area contributed by atoms with Gasteiger partial charge in [0.1, 0.15) is 0 Å². The number of carbonyl (C=O) groups excluding carboxylic acids is 2. The number of amides is 2. The molecule has 0 atom stereocenters. The molecule has 4 N–H and O–H groups in total. The zero-order chi connectivity index (χ0) is 25.2. The third kappa shape index (κ3) is 5.13. The number of nitrogens with zero attached hydrogens (tertiary/aromatic N) is 2. The standard InChI is InChI=1S/C23H22N6O5S/c1-14-11-18(19-20(25-14)29(2)28-23(19)32)22(31)27-26-21(30)16-9-6-10-17(12-16)35(33,34)24-13-15-7-4-3-5-8-15/h3-12,24H,13H2,1-2H3,(H,26,30)(H,27,31)(H,28,32). The van der Waals surface area contributed by atoms with E-state index in [1.54, 1.807) is 38.2 Å². The molecule has 0 aliphatic heterocycles. The van der Waals surface area contributed by atoms with E-state index in [0.29, 0.717) is 11.3 Å². The molecule has 2 aromatic carbocycles. The summed E-state index contributed by atoms with van der Waals surface area (Å²) in [5.74, 6) is -1.46. The summed E-state index contributed by atoms with van der Waals surface area (Å²) in [6.07, 6.45) is 0. The zero-order valence-electron chi connectivity index (χ0n) is 18.8. The van der Waals surface area contributed by atoms with Gasteiger partial charge in [0.2, 0.25) is 10.0 Å². The van der Waals surface area contributed by atoms with Crippen LogP contribution in [-0.4, -0.2) is 35.0 Å². The largest absolute Gasteiger partial charge is 0.274 e. The van der Waals surface area contributed by atoms with Crippen molar-refractivity contribution in [3.63, 3.8) is 0 Å². The quantitative estimate of drug-likeness (QED) is 0.295. The van der Waals surface area contributed by atoms with Crippen LogP contribution in [0.15, 0.2) is 70.4 Å². The van der Waals surface area contributed by atoms with Gasteiger partial charge in [0.05, 0.1) is 15.8 Å². The summed E-state index contributed by atoms with van der Waals surface area (Å²) >= 11 is 0. The summed E-state index contributed by atoms with van der Waals surface area (Å²) < 4.78 is 29.2. The average Bonchev–Trinajstić information content (AvgIpc) is 3.14. The molecule has 0 saturated heterocycles. The molecule has 2 heterocycles. The van der Waals surface area contributed by atoms with Crippen LogP contribution in [0.3, 0.4) is 0 Å². The fourth-order valence-electron chi connectivity index (χ4n) is 3.48. The molecule has 12 heteroatoms. The van der Waals surface area contributed by atoms with Crippen molar-refractivity contribution in [3.05, 3.63) is 93.4 Å². The van der Waals surface area contributed by atoms with E-state index in [1.165, 1.54) is 35.0 Å². The van der Waals surface area contributed by atoms with Crippen LogP contribution in [0.1, 0.15) is 32.0 Å². The summed E-state index contributed by atoms with van der Waals surface area (Å²) in [6.45, 7) is 1.76. The van der Waals surface area contributed by atoms with Gasteiger partial charge in [0.15, 0.2) is 5.65 Å². The SMILES string of the molecule is Cc1cc(C(=O)NNC(=O)c2cccc(S(=O)(=O)NCc3ccccc3)c2)c2c(=O)[nH]n(C)c2n1. The first-order chi connectivity index (χ1) is 16.7. The molecule has 4 rings (SSSR count). The van der Waals surface area contributed by atoms with Gasteiger partial charge in [-0.1, -0.05) is 36.4 Å². The number of benzene rings is 2. The molecule has 2 aromatic heterocycles. The molecule has 0 radical (unpaired) electrons. The second-order valence-corrected chi connectivity index (χ2v) is 9.52. The summed E-state index contributed by atoms with van der Waals surface area (Å²) in [6, 6.07) is 15.8. The molecule has 4 aromatic rings. The number of hydrogen-bond acceptors (Lipinski definition) is 6. The number of pyridine rings is 1. The van der Waals surface area contributed by atoms with Crippen LogP contribution in [0.2, 0.25) is 0 Å². The van der Waals surface area contributed by atoms with E-state index in [1.807, 2.05) is 6.07 Å². The highest BCUT2D eigenvalue weighted by atomic mass is 32.2. The Bertz CT molecular complexity index is 1590. The van der Waals surface area contributed by atoms with E-state index < -0.39 is 27.4 Å². The van der Waals surface area contributed by atoms with Gasteiger partial charge < -0.3 is 0 Å². The Morgan fingerprint density at radius 1 is 1.00 bits per heavy atom. The second-order valence-electron chi connectivity index (χ2n) is 7.76. The molecule has 180 valence electrons. The number of hydrogen-bond donors (Lipinski definition) is 4. The minimum atomic E-state index is -3.89. The lowest BCUT2D eigenvalue weighted by atomic mass is 10.1. The molecule has 0 aliphatic rings. The monoisotopic (exact) mass is 494 g/mol. The van der Waals surface area contributed by atoms with Crippen molar-refractivity contribution in [2.24, 2.45) is 7.05 Å². The number of aromatic amines is 1. The van der Waals surface area contributed by atoms with Crippen molar-refractivity contribution in [2.75, 3.05) is 0 Å². The number of aromatic nitrogens is 3. The van der Waals surface area contributed by atoms with E-state index in [-0.39, 0.29) is 28.0 Å². The van der Waals surface area contributed by atoms with E-state index >= 15 is 0 Å². The van der Waals surface area contributed by atoms with E-state index in [2.05, 4.69) is 25.7 Å². The summed E-state index contributed by atoms with van der Waals surface area (Å²) in [5.41, 5.74) is 5.66. The van der Waals surface area contributed by atoms with Crippen molar-refractivity contribution in [1.82, 2.24) is 30.3 Å². The Hall–Kier alpha value is -4.29. The van der Waals surface area contributed by atoms with Crippen molar-refractivity contribution in [2.45, 2.75) is 18.4 Å². The van der Waals surface area contributed by atoms with Crippen LogP contribution in [0.4, 0.5) is 0 Å². The van der Waals surface area contributed by atoms with Crippen LogP contribution in [0.5, 0.6) is 0 Å². The fourth-order valence-corrected chi connectivity index (χ4v) is 4.54. The Labute approximate surface area is 200 Å². The predicted molar refractivity (Wildman–Crippen MR) is 128 cm³/mol. The van der Waals surface area contributed by atoms with Gasteiger partial charge in [-0.15, -0.1) is 0 Å². The van der Waals surface area contributed by atoms with Gasteiger partial charge in [-0.3, -0.25) is 35.0 Å². The highest BCUT2D eigenvalue weighted by molar-refractivity contribution is 7.89. The number of fused-ring (bicyclic) bond motifs is 1. The summed E-state index contributed by atoms with van der Waals surface area (Å²) in [4.78, 5) is 41.7. The number of hydrazine groups is 1. The Morgan fingerprint density at radius 2 is 1.71 bits per heavy atom. The maximum absolute atomic E-state index is 12.7. The van der Waals surface area contributed by atoms with Crippen LogP contribution < -0.4 is 21.1 Å². The lowest BCUT2D eigenvalue weighted by Crippen LogP contribution is -2.42. The topological polar surface area (TPSA) is 155 Å². The van der Waals surface area contributed by atoms with Gasteiger partial charge in [-0.25, -0.2) is 18.1 Å². The van der Waals surface area contributed by atoms with Crippen LogP contribution in [0.25, 0.3) is 11.0 Å². The number of aryl methyl sites for hydroxylation is 2.